The summed E-state index contributed by atoms with van der Waals surface area (Å²) >= 11 is 17.0. The minimum Gasteiger partial charge on any atom is -0.462 e. The van der Waals surface area contributed by atoms with E-state index >= 15 is 0 Å². The van der Waals surface area contributed by atoms with E-state index in [-0.39, 0.29) is 13.2 Å². The maximum absolute atomic E-state index is 11.4. The highest BCUT2D eigenvalue weighted by molar-refractivity contribution is 9.13. The fraction of sp³-hybridized carbons (Fsp3) is 0.647. The molecule has 0 heterocycles. The molecule has 30 heavy (non-hydrogen) atoms. The summed E-state index contributed by atoms with van der Waals surface area (Å²) in [6.07, 6.45) is 0. The number of halogens is 4. The summed E-state index contributed by atoms with van der Waals surface area (Å²) < 4.78 is 33.8. The molecule has 8 nitrogen and oxygen atoms in total. The van der Waals surface area contributed by atoms with Crippen molar-refractivity contribution in [2.75, 3.05) is 27.4 Å². The van der Waals surface area contributed by atoms with E-state index in [1.807, 2.05) is 13.8 Å². The molecule has 0 aliphatic heterocycles. The minimum absolute atomic E-state index is 0.169. The van der Waals surface area contributed by atoms with Crippen LogP contribution in [-0.4, -0.2) is 47.6 Å². The number of hydrogen-bond donors (Lipinski definition) is 0. The molecular formula is C17H27Br2Cl2O8P. The van der Waals surface area contributed by atoms with Gasteiger partial charge < -0.3 is 9.47 Å². The van der Waals surface area contributed by atoms with Crippen molar-refractivity contribution in [3.05, 3.63) is 24.3 Å². The van der Waals surface area contributed by atoms with Crippen molar-refractivity contribution in [2.45, 2.75) is 36.0 Å². The van der Waals surface area contributed by atoms with Gasteiger partial charge in [-0.3, -0.25) is 13.6 Å². The van der Waals surface area contributed by atoms with E-state index in [0.717, 1.165) is 0 Å². The molecule has 0 aromatic carbocycles. The van der Waals surface area contributed by atoms with Gasteiger partial charge in [-0.25, -0.2) is 14.2 Å². The van der Waals surface area contributed by atoms with E-state index < -0.39 is 33.4 Å². The van der Waals surface area contributed by atoms with Crippen LogP contribution in [0.1, 0.15) is 27.7 Å². The standard InChI is InChI=1S/C13H20O4.C4H7Br2Cl2O4P/c1-9(2)11(14)16-7-13(5,6)8-17-12(15)10(3)4;1-10-13(9,11-2)12-3(5)4(6,7)8/h1,3,7-8H2,2,4-6H3;3H,1-2H3. The van der Waals surface area contributed by atoms with Crippen LogP contribution in [0.4, 0.5) is 0 Å². The van der Waals surface area contributed by atoms with Crippen LogP contribution < -0.4 is 0 Å². The summed E-state index contributed by atoms with van der Waals surface area (Å²) in [5, 5.41) is -0.936. The number of hydrogen-bond acceptors (Lipinski definition) is 8. The van der Waals surface area contributed by atoms with Gasteiger partial charge >= 0.3 is 19.8 Å². The molecule has 0 N–H and O–H groups in total. The smallest absolute Gasteiger partial charge is 0.462 e. The molecular weight excluding hydrogens is 594 g/mol. The SMILES string of the molecule is C=C(C)C(=O)OCC(C)(C)COC(=O)C(=C)C.COP(=O)(OC)OC(Br)C(Cl)(Cl)Br. The Bertz CT molecular complexity index is 625. The second-order valence-electron chi connectivity index (χ2n) is 6.65. The largest absolute Gasteiger partial charge is 0.475 e. The number of carbonyl (C=O) groups is 2. The van der Waals surface area contributed by atoms with Crippen LogP contribution in [0.5, 0.6) is 0 Å². The van der Waals surface area contributed by atoms with Gasteiger partial charge in [-0.1, -0.05) is 66.1 Å². The first kappa shape index (κ1) is 32.3. The first-order valence-electron chi connectivity index (χ1n) is 8.16. The number of esters is 2. The zero-order valence-electron chi connectivity index (χ0n) is 17.6. The van der Waals surface area contributed by atoms with E-state index in [9.17, 15) is 14.2 Å². The molecule has 176 valence electrons. The lowest BCUT2D eigenvalue weighted by molar-refractivity contribution is -0.147. The highest BCUT2D eigenvalue weighted by Crippen LogP contribution is 2.53. The van der Waals surface area contributed by atoms with Gasteiger partial charge in [0.05, 0.1) is 13.2 Å². The minimum atomic E-state index is -3.58. The molecule has 13 heteroatoms. The number of rotatable bonds is 11. The van der Waals surface area contributed by atoms with Crippen LogP contribution in [0.15, 0.2) is 24.3 Å². The molecule has 0 amide bonds. The van der Waals surface area contributed by atoms with Crippen LogP contribution in [0.3, 0.4) is 0 Å². The van der Waals surface area contributed by atoms with Gasteiger partial charge in [0.2, 0.25) is 3.24 Å². The van der Waals surface area contributed by atoms with Gasteiger partial charge in [-0.2, -0.15) is 0 Å². The van der Waals surface area contributed by atoms with Crippen molar-refractivity contribution in [2.24, 2.45) is 5.41 Å². The van der Waals surface area contributed by atoms with Gasteiger partial charge in [0.15, 0.2) is 5.01 Å². The third-order valence-electron chi connectivity index (χ3n) is 2.81. The summed E-state index contributed by atoms with van der Waals surface area (Å²) in [6.45, 7) is 14.1. The van der Waals surface area contributed by atoms with Gasteiger partial charge in [0.25, 0.3) is 0 Å². The predicted molar refractivity (Wildman–Crippen MR) is 124 cm³/mol. The molecule has 0 aliphatic carbocycles. The van der Waals surface area contributed by atoms with Gasteiger partial charge in [-0.15, -0.1) is 0 Å². The molecule has 0 aliphatic rings. The van der Waals surface area contributed by atoms with Gasteiger partial charge in [0, 0.05) is 30.8 Å². The maximum Gasteiger partial charge on any atom is 0.475 e. The molecule has 0 saturated carbocycles. The van der Waals surface area contributed by atoms with Crippen LogP contribution in [0.2, 0.25) is 0 Å². The number of carbonyl (C=O) groups excluding carboxylic acids is 2. The number of phosphoric ester groups is 1. The Hall–Kier alpha value is 0.0700. The van der Waals surface area contributed by atoms with Gasteiger partial charge in [-0.05, 0) is 29.8 Å². The Morgan fingerprint density at radius 2 is 1.33 bits per heavy atom. The molecule has 0 radical (unpaired) electrons. The van der Waals surface area contributed by atoms with Gasteiger partial charge in [0.1, 0.15) is 0 Å². The lowest BCUT2D eigenvalue weighted by Crippen LogP contribution is -2.28. The molecule has 0 bridgehead atoms. The quantitative estimate of drug-likeness (QED) is 0.122. The average Bonchev–Trinajstić information content (AvgIpc) is 2.63. The number of alkyl halides is 4. The first-order valence-corrected chi connectivity index (χ1v) is 12.1. The van der Waals surface area contributed by atoms with Crippen molar-refractivity contribution in [1.29, 1.82) is 0 Å². The first-order chi connectivity index (χ1) is 13.4. The summed E-state index contributed by atoms with van der Waals surface area (Å²) in [6, 6.07) is 0. The monoisotopic (exact) mass is 618 g/mol. The maximum atomic E-state index is 11.4. The second kappa shape index (κ2) is 14.3. The molecule has 0 rings (SSSR count). The highest BCUT2D eigenvalue weighted by Gasteiger charge is 2.38. The average molecular weight is 621 g/mol. The Morgan fingerprint density at radius 1 is 1.00 bits per heavy atom. The molecule has 1 unspecified atom stereocenters. The zero-order valence-corrected chi connectivity index (χ0v) is 23.2. The van der Waals surface area contributed by atoms with Crippen LogP contribution in [0, 0.1) is 5.41 Å². The lowest BCUT2D eigenvalue weighted by Gasteiger charge is -2.23. The van der Waals surface area contributed by atoms with Crippen molar-refractivity contribution < 1.29 is 37.2 Å². The van der Waals surface area contributed by atoms with Crippen LogP contribution in [-0.2, 0) is 37.2 Å². The third kappa shape index (κ3) is 15.0. The van der Waals surface area contributed by atoms with Crippen molar-refractivity contribution >= 4 is 74.8 Å². The molecule has 0 aromatic rings. The summed E-state index contributed by atoms with van der Waals surface area (Å²) in [5.41, 5.74) is 0.260. The predicted octanol–water partition coefficient (Wildman–Crippen LogP) is 5.90. The molecule has 1 atom stereocenters. The van der Waals surface area contributed by atoms with E-state index in [1.165, 1.54) is 14.2 Å². The van der Waals surface area contributed by atoms with E-state index in [0.29, 0.717) is 11.1 Å². The summed E-state index contributed by atoms with van der Waals surface area (Å²) in [5.74, 6) is -0.881. The normalized spacial score (nSPS) is 12.9. The Morgan fingerprint density at radius 3 is 1.57 bits per heavy atom. The number of phosphoric acid groups is 1. The third-order valence-corrected chi connectivity index (χ3v) is 7.29. The molecule has 0 fully saturated rings. The lowest BCUT2D eigenvalue weighted by atomic mass is 9.96. The highest BCUT2D eigenvalue weighted by atomic mass is 79.9. The van der Waals surface area contributed by atoms with E-state index in [2.05, 4.69) is 54.1 Å². The fourth-order valence-corrected chi connectivity index (χ4v) is 2.92. The molecule has 0 spiro atoms. The fourth-order valence-electron chi connectivity index (χ4n) is 1.14. The Balaban J connectivity index is 0. The van der Waals surface area contributed by atoms with Crippen molar-refractivity contribution in [3.8, 4) is 0 Å². The van der Waals surface area contributed by atoms with Crippen LogP contribution >= 0.6 is 62.9 Å². The summed E-state index contributed by atoms with van der Waals surface area (Å²) in [4.78, 5) is 22.4. The number of ether oxygens (including phenoxy) is 2. The van der Waals surface area contributed by atoms with E-state index in [1.54, 1.807) is 13.8 Å². The Labute approximate surface area is 204 Å². The van der Waals surface area contributed by atoms with Crippen LogP contribution in [0.25, 0.3) is 0 Å². The zero-order chi connectivity index (χ0) is 24.3. The Kier molecular flexibility index (Phi) is 15.3. The van der Waals surface area contributed by atoms with E-state index in [4.69, 9.17) is 37.2 Å². The van der Waals surface area contributed by atoms with Crippen molar-refractivity contribution in [3.63, 3.8) is 0 Å². The second-order valence-corrected chi connectivity index (χ2v) is 12.9. The molecule has 0 saturated heterocycles. The molecule has 0 aromatic heterocycles. The topological polar surface area (TPSA) is 97.4 Å². The van der Waals surface area contributed by atoms with Crippen molar-refractivity contribution in [1.82, 2.24) is 0 Å². The summed E-state index contributed by atoms with van der Waals surface area (Å²) in [7, 11) is -1.21.